The number of hydrogen-bond acceptors (Lipinski definition) is 5. The van der Waals surface area contributed by atoms with Gasteiger partial charge >= 0.3 is 5.97 Å². The third-order valence-corrected chi connectivity index (χ3v) is 4.84. The molecule has 0 aromatic heterocycles. The Kier molecular flexibility index (Phi) is 4.72. The van der Waals surface area contributed by atoms with Crippen LogP contribution in [0, 0.1) is 0 Å². The standard InChI is InChI=1S/C13H20N2O4S/c1-3-4-5-7-14-13(19-2)11(18)15-9(10(16)17)6-8-20-12(13)15/h6,12,14H,3-5,7-8H2,1-2H3,(H,16,17)/t12-,13-/m0/s1. The van der Waals surface area contributed by atoms with Crippen molar-refractivity contribution < 1.29 is 19.4 Å². The first kappa shape index (κ1) is 15.3. The number of methoxy groups -OCH3 is 1. The summed E-state index contributed by atoms with van der Waals surface area (Å²) in [5.74, 6) is -0.820. The summed E-state index contributed by atoms with van der Waals surface area (Å²) in [6.07, 6.45) is 4.72. The molecule has 0 aromatic carbocycles. The van der Waals surface area contributed by atoms with E-state index in [1.165, 1.54) is 23.8 Å². The van der Waals surface area contributed by atoms with Crippen LogP contribution in [0.4, 0.5) is 0 Å². The van der Waals surface area contributed by atoms with Crippen molar-refractivity contribution in [3.8, 4) is 0 Å². The number of rotatable bonds is 7. The van der Waals surface area contributed by atoms with E-state index >= 15 is 0 Å². The van der Waals surface area contributed by atoms with Gasteiger partial charge in [0, 0.05) is 12.9 Å². The van der Waals surface area contributed by atoms with Gasteiger partial charge in [0.15, 0.2) is 0 Å². The van der Waals surface area contributed by atoms with Crippen molar-refractivity contribution in [3.05, 3.63) is 11.8 Å². The van der Waals surface area contributed by atoms with E-state index in [0.717, 1.165) is 19.3 Å². The van der Waals surface area contributed by atoms with Gasteiger partial charge in [0.2, 0.25) is 5.72 Å². The second-order valence-corrected chi connectivity index (χ2v) is 5.94. The number of carbonyl (C=O) groups is 2. The predicted octanol–water partition coefficient (Wildman–Crippen LogP) is 0.992. The zero-order valence-electron chi connectivity index (χ0n) is 11.7. The number of carboxylic acids is 1. The highest BCUT2D eigenvalue weighted by atomic mass is 32.2. The highest BCUT2D eigenvalue weighted by Crippen LogP contribution is 2.44. The van der Waals surface area contributed by atoms with Gasteiger partial charge in [-0.2, -0.15) is 0 Å². The zero-order chi connectivity index (χ0) is 14.8. The van der Waals surface area contributed by atoms with Gasteiger partial charge in [0.05, 0.1) is 0 Å². The molecule has 1 saturated heterocycles. The number of nitrogens with one attached hydrogen (secondary N) is 1. The number of carboxylic acid groups (broad SMARTS) is 1. The van der Waals surface area contributed by atoms with Gasteiger partial charge in [0.25, 0.3) is 5.91 Å². The molecule has 0 radical (unpaired) electrons. The molecule has 0 spiro atoms. The van der Waals surface area contributed by atoms with Crippen LogP contribution in [0.5, 0.6) is 0 Å². The first-order chi connectivity index (χ1) is 9.58. The summed E-state index contributed by atoms with van der Waals surface area (Å²) in [5, 5.41) is 12.0. The number of unbranched alkanes of at least 4 members (excludes halogenated alkanes) is 2. The van der Waals surface area contributed by atoms with Crippen molar-refractivity contribution in [2.45, 2.75) is 37.3 Å². The number of nitrogens with zero attached hydrogens (tertiary/aromatic N) is 1. The Labute approximate surface area is 122 Å². The molecule has 0 aromatic rings. The first-order valence-electron chi connectivity index (χ1n) is 6.77. The smallest absolute Gasteiger partial charge is 0.352 e. The van der Waals surface area contributed by atoms with Crippen LogP contribution >= 0.6 is 11.8 Å². The molecular formula is C13H20N2O4S. The van der Waals surface area contributed by atoms with Gasteiger partial charge < -0.3 is 9.84 Å². The number of β-lactam (4-membered cyclic amide) rings is 1. The molecule has 2 heterocycles. The maximum Gasteiger partial charge on any atom is 0.352 e. The molecule has 0 saturated carbocycles. The summed E-state index contributed by atoms with van der Waals surface area (Å²) < 4.78 is 5.42. The van der Waals surface area contributed by atoms with E-state index in [4.69, 9.17) is 9.84 Å². The Morgan fingerprint density at radius 1 is 1.65 bits per heavy atom. The quantitative estimate of drug-likeness (QED) is 0.415. The fourth-order valence-corrected chi connectivity index (χ4v) is 3.82. The van der Waals surface area contributed by atoms with Crippen LogP contribution in [-0.2, 0) is 14.3 Å². The summed E-state index contributed by atoms with van der Waals surface area (Å²) in [7, 11) is 1.49. The number of fused-ring (bicyclic) bond motifs is 1. The van der Waals surface area contributed by atoms with Gasteiger partial charge in [-0.3, -0.25) is 15.0 Å². The third kappa shape index (κ3) is 2.34. The van der Waals surface area contributed by atoms with Crippen molar-refractivity contribution in [2.75, 3.05) is 19.4 Å². The minimum absolute atomic E-state index is 0.0572. The zero-order valence-corrected chi connectivity index (χ0v) is 12.5. The van der Waals surface area contributed by atoms with Gasteiger partial charge in [0.1, 0.15) is 11.1 Å². The summed E-state index contributed by atoms with van der Waals surface area (Å²) >= 11 is 1.51. The van der Waals surface area contributed by atoms with E-state index in [-0.39, 0.29) is 17.0 Å². The average Bonchev–Trinajstić information content (AvgIpc) is 2.46. The maximum atomic E-state index is 12.3. The molecule has 6 nitrogen and oxygen atoms in total. The van der Waals surface area contributed by atoms with Crippen LogP contribution in [0.3, 0.4) is 0 Å². The van der Waals surface area contributed by atoms with Crippen molar-refractivity contribution >= 4 is 23.6 Å². The largest absolute Gasteiger partial charge is 0.477 e. The van der Waals surface area contributed by atoms with E-state index < -0.39 is 11.7 Å². The monoisotopic (exact) mass is 300 g/mol. The highest BCUT2D eigenvalue weighted by Gasteiger charge is 2.64. The molecule has 1 amide bonds. The minimum Gasteiger partial charge on any atom is -0.477 e. The number of carbonyl (C=O) groups excluding carboxylic acids is 1. The lowest BCUT2D eigenvalue weighted by molar-refractivity contribution is -0.190. The van der Waals surface area contributed by atoms with Gasteiger partial charge in [-0.05, 0) is 19.0 Å². The molecule has 112 valence electrons. The van der Waals surface area contributed by atoms with Gasteiger partial charge in [-0.25, -0.2) is 4.79 Å². The topological polar surface area (TPSA) is 78.9 Å². The van der Waals surface area contributed by atoms with E-state index in [2.05, 4.69) is 12.2 Å². The summed E-state index contributed by atoms with van der Waals surface area (Å²) in [5.41, 5.74) is -1.02. The molecule has 7 heteroatoms. The molecule has 1 fully saturated rings. The molecule has 20 heavy (non-hydrogen) atoms. The Morgan fingerprint density at radius 2 is 2.40 bits per heavy atom. The van der Waals surface area contributed by atoms with E-state index in [0.29, 0.717) is 12.3 Å². The van der Waals surface area contributed by atoms with E-state index in [1.807, 2.05) is 0 Å². The number of thioether (sulfide) groups is 1. The lowest BCUT2D eigenvalue weighted by Gasteiger charge is -2.55. The van der Waals surface area contributed by atoms with Gasteiger partial charge in [-0.1, -0.05) is 19.8 Å². The number of hydrogen-bond donors (Lipinski definition) is 2. The van der Waals surface area contributed by atoms with Crippen molar-refractivity contribution in [1.29, 1.82) is 0 Å². The third-order valence-electron chi connectivity index (χ3n) is 3.62. The highest BCUT2D eigenvalue weighted by molar-refractivity contribution is 8.00. The average molecular weight is 300 g/mol. The maximum absolute atomic E-state index is 12.3. The molecule has 2 N–H and O–H groups in total. The molecule has 0 aliphatic carbocycles. The fraction of sp³-hybridized carbons (Fsp3) is 0.692. The molecule has 2 rings (SSSR count). The Hall–Kier alpha value is -1.05. The lowest BCUT2D eigenvalue weighted by Crippen LogP contribution is -2.79. The molecule has 2 aliphatic heterocycles. The van der Waals surface area contributed by atoms with Crippen LogP contribution in [0.2, 0.25) is 0 Å². The van der Waals surface area contributed by atoms with Crippen LogP contribution in [0.25, 0.3) is 0 Å². The van der Waals surface area contributed by atoms with Crippen molar-refractivity contribution in [1.82, 2.24) is 10.2 Å². The summed E-state index contributed by atoms with van der Waals surface area (Å²) in [4.78, 5) is 24.8. The SMILES string of the molecule is CCCCCN[C@]1(OC)C(=O)N2C(C(=O)O)=CCS[C@H]21. The predicted molar refractivity (Wildman–Crippen MR) is 76.1 cm³/mol. The minimum atomic E-state index is -1.08. The first-order valence-corrected chi connectivity index (χ1v) is 7.82. The molecule has 2 aliphatic rings. The Bertz CT molecular complexity index is 440. The fourth-order valence-electron chi connectivity index (χ4n) is 2.51. The molecule has 0 unspecified atom stereocenters. The summed E-state index contributed by atoms with van der Waals surface area (Å²) in [6.45, 7) is 2.80. The molecule has 2 atom stereocenters. The normalized spacial score (nSPS) is 28.7. The molecular weight excluding hydrogens is 280 g/mol. The van der Waals surface area contributed by atoms with Crippen LogP contribution in [-0.4, -0.2) is 52.4 Å². The summed E-state index contributed by atoms with van der Waals surface area (Å²) in [6, 6.07) is 0. The lowest BCUT2D eigenvalue weighted by atomic mass is 9.99. The second kappa shape index (κ2) is 6.15. The van der Waals surface area contributed by atoms with Crippen molar-refractivity contribution in [3.63, 3.8) is 0 Å². The van der Waals surface area contributed by atoms with E-state index in [9.17, 15) is 9.59 Å². The van der Waals surface area contributed by atoms with Gasteiger partial charge in [-0.15, -0.1) is 11.8 Å². The molecule has 0 bridgehead atoms. The van der Waals surface area contributed by atoms with Crippen LogP contribution < -0.4 is 5.32 Å². The number of ether oxygens (including phenoxy) is 1. The number of aliphatic carboxylic acids is 1. The Morgan fingerprint density at radius 3 is 3.00 bits per heavy atom. The van der Waals surface area contributed by atoms with Crippen LogP contribution in [0.15, 0.2) is 11.8 Å². The van der Waals surface area contributed by atoms with Crippen LogP contribution in [0.1, 0.15) is 26.2 Å². The van der Waals surface area contributed by atoms with Crippen molar-refractivity contribution in [2.24, 2.45) is 0 Å². The number of amides is 1. The van der Waals surface area contributed by atoms with E-state index in [1.54, 1.807) is 6.08 Å². The second-order valence-electron chi connectivity index (χ2n) is 4.83. The Balaban J connectivity index is 2.08.